The number of benzene rings is 2. The SMILES string of the molecule is CN(C)CCNc1cc(Cl)c(N2CC(Cc3ccccc3F)CCC2=O)c(Cl)c1. The maximum Gasteiger partial charge on any atom is 0.227 e. The first-order valence-corrected chi connectivity index (χ1v) is 10.5. The second-order valence-electron chi connectivity index (χ2n) is 7.72. The molecular weight excluding hydrogens is 412 g/mol. The second-order valence-corrected chi connectivity index (χ2v) is 8.54. The number of amides is 1. The average Bonchev–Trinajstić information content (AvgIpc) is 2.65. The molecule has 1 atom stereocenters. The van der Waals surface area contributed by atoms with E-state index in [1.165, 1.54) is 6.07 Å². The van der Waals surface area contributed by atoms with Crippen molar-refractivity contribution in [2.24, 2.45) is 5.92 Å². The van der Waals surface area contributed by atoms with E-state index in [1.807, 2.05) is 20.2 Å². The number of hydrogen-bond donors (Lipinski definition) is 1. The maximum atomic E-state index is 14.0. The standard InChI is InChI=1S/C22H26Cl2FN3O/c1-27(2)10-9-26-17-12-18(23)22(19(24)13-17)28-14-15(7-8-21(28)29)11-16-5-3-4-6-20(16)25/h3-6,12-13,15,26H,7-11,14H2,1-2H3. The molecule has 1 aliphatic rings. The van der Waals surface area contributed by atoms with E-state index in [9.17, 15) is 9.18 Å². The summed E-state index contributed by atoms with van der Waals surface area (Å²) in [6, 6.07) is 10.4. The molecule has 1 N–H and O–H groups in total. The van der Waals surface area contributed by atoms with Crippen LogP contribution < -0.4 is 10.2 Å². The summed E-state index contributed by atoms with van der Waals surface area (Å²) in [7, 11) is 4.01. The van der Waals surface area contributed by atoms with E-state index < -0.39 is 0 Å². The van der Waals surface area contributed by atoms with Gasteiger partial charge in [0.1, 0.15) is 5.82 Å². The van der Waals surface area contributed by atoms with Crippen LogP contribution in [0.1, 0.15) is 18.4 Å². The van der Waals surface area contributed by atoms with Crippen molar-refractivity contribution in [2.45, 2.75) is 19.3 Å². The average molecular weight is 438 g/mol. The largest absolute Gasteiger partial charge is 0.384 e. The van der Waals surface area contributed by atoms with Crippen molar-refractivity contribution in [1.82, 2.24) is 4.90 Å². The molecule has 3 rings (SSSR count). The van der Waals surface area contributed by atoms with Crippen molar-refractivity contribution in [3.63, 3.8) is 0 Å². The Morgan fingerprint density at radius 1 is 1.21 bits per heavy atom. The minimum Gasteiger partial charge on any atom is -0.384 e. The zero-order valence-electron chi connectivity index (χ0n) is 16.7. The zero-order chi connectivity index (χ0) is 21.0. The molecule has 0 aliphatic carbocycles. The third-order valence-corrected chi connectivity index (χ3v) is 5.73. The molecule has 1 fully saturated rings. The van der Waals surface area contributed by atoms with Gasteiger partial charge in [-0.05, 0) is 56.6 Å². The number of nitrogens with zero attached hydrogens (tertiary/aromatic N) is 2. The zero-order valence-corrected chi connectivity index (χ0v) is 18.2. The molecule has 1 unspecified atom stereocenters. The monoisotopic (exact) mass is 437 g/mol. The molecule has 0 aromatic heterocycles. The van der Waals surface area contributed by atoms with Crippen LogP contribution in [0.2, 0.25) is 10.0 Å². The van der Waals surface area contributed by atoms with Gasteiger partial charge in [0.25, 0.3) is 0 Å². The van der Waals surface area contributed by atoms with Gasteiger partial charge in [-0.25, -0.2) is 4.39 Å². The van der Waals surface area contributed by atoms with Crippen LogP contribution in [0.5, 0.6) is 0 Å². The van der Waals surface area contributed by atoms with E-state index >= 15 is 0 Å². The van der Waals surface area contributed by atoms with E-state index in [1.54, 1.807) is 29.2 Å². The van der Waals surface area contributed by atoms with Gasteiger partial charge in [-0.15, -0.1) is 0 Å². The van der Waals surface area contributed by atoms with Crippen LogP contribution >= 0.6 is 23.2 Å². The van der Waals surface area contributed by atoms with Gasteiger partial charge in [0.2, 0.25) is 5.91 Å². The summed E-state index contributed by atoms with van der Waals surface area (Å²) in [6.45, 7) is 2.10. The van der Waals surface area contributed by atoms with Gasteiger partial charge >= 0.3 is 0 Å². The maximum absolute atomic E-state index is 14.0. The topological polar surface area (TPSA) is 35.6 Å². The number of nitrogens with one attached hydrogen (secondary N) is 1. The first-order chi connectivity index (χ1) is 13.8. The predicted octanol–water partition coefficient (Wildman–Crippen LogP) is 5.09. The van der Waals surface area contributed by atoms with Gasteiger partial charge < -0.3 is 15.1 Å². The molecule has 1 heterocycles. The second kappa shape index (κ2) is 9.79. The Kier molecular flexibility index (Phi) is 7.38. The summed E-state index contributed by atoms with van der Waals surface area (Å²) >= 11 is 13.0. The number of likely N-dealkylation sites (N-methyl/N-ethyl adjacent to an activating group) is 1. The number of halogens is 3. The first-order valence-electron chi connectivity index (χ1n) is 9.76. The van der Waals surface area contributed by atoms with E-state index in [0.29, 0.717) is 40.7 Å². The normalized spacial score (nSPS) is 17.1. The molecule has 1 saturated heterocycles. The van der Waals surface area contributed by atoms with Crippen molar-refractivity contribution >= 4 is 40.5 Å². The number of carbonyl (C=O) groups is 1. The van der Waals surface area contributed by atoms with Crippen LogP contribution in [0.15, 0.2) is 36.4 Å². The van der Waals surface area contributed by atoms with Crippen LogP contribution in [0.4, 0.5) is 15.8 Å². The summed E-state index contributed by atoms with van der Waals surface area (Å²) in [5, 5.41) is 4.16. The van der Waals surface area contributed by atoms with Crippen molar-refractivity contribution in [3.8, 4) is 0 Å². The highest BCUT2D eigenvalue weighted by molar-refractivity contribution is 6.40. The van der Waals surface area contributed by atoms with Gasteiger partial charge in [-0.1, -0.05) is 41.4 Å². The van der Waals surface area contributed by atoms with Crippen molar-refractivity contribution in [1.29, 1.82) is 0 Å². The smallest absolute Gasteiger partial charge is 0.227 e. The van der Waals surface area contributed by atoms with E-state index in [4.69, 9.17) is 23.2 Å². The van der Waals surface area contributed by atoms with Crippen LogP contribution in [-0.2, 0) is 11.2 Å². The van der Waals surface area contributed by atoms with Gasteiger partial charge in [0.15, 0.2) is 0 Å². The van der Waals surface area contributed by atoms with E-state index in [-0.39, 0.29) is 17.6 Å². The lowest BCUT2D eigenvalue weighted by molar-refractivity contribution is -0.120. The minimum atomic E-state index is -0.208. The fourth-order valence-corrected chi connectivity index (χ4v) is 4.31. The third kappa shape index (κ3) is 5.62. The Labute approximate surface area is 181 Å². The van der Waals surface area contributed by atoms with Crippen molar-refractivity contribution in [2.75, 3.05) is 43.9 Å². The van der Waals surface area contributed by atoms with Gasteiger partial charge in [-0.3, -0.25) is 4.79 Å². The number of rotatable bonds is 7. The first kappa shape index (κ1) is 21.9. The molecule has 1 aliphatic heterocycles. The molecule has 0 bridgehead atoms. The number of piperidine rings is 1. The molecule has 0 radical (unpaired) electrons. The number of hydrogen-bond acceptors (Lipinski definition) is 3. The lowest BCUT2D eigenvalue weighted by Gasteiger charge is -2.34. The summed E-state index contributed by atoms with van der Waals surface area (Å²) in [4.78, 5) is 16.3. The molecule has 7 heteroatoms. The Balaban J connectivity index is 1.75. The van der Waals surface area contributed by atoms with Crippen LogP contribution in [-0.4, -0.2) is 44.5 Å². The van der Waals surface area contributed by atoms with Gasteiger partial charge in [0, 0.05) is 31.7 Å². The number of carbonyl (C=O) groups excluding carboxylic acids is 1. The summed E-state index contributed by atoms with van der Waals surface area (Å²) < 4.78 is 14.0. The molecule has 0 spiro atoms. The Morgan fingerprint density at radius 2 is 1.90 bits per heavy atom. The molecule has 0 saturated carbocycles. The van der Waals surface area contributed by atoms with E-state index in [0.717, 1.165) is 25.2 Å². The van der Waals surface area contributed by atoms with Gasteiger partial charge in [-0.2, -0.15) is 0 Å². The predicted molar refractivity (Wildman–Crippen MR) is 119 cm³/mol. The summed E-state index contributed by atoms with van der Waals surface area (Å²) in [5.41, 5.74) is 2.03. The minimum absolute atomic E-state index is 0.00750. The fourth-order valence-electron chi connectivity index (χ4n) is 3.62. The lowest BCUT2D eigenvalue weighted by Crippen LogP contribution is -2.41. The van der Waals surface area contributed by atoms with Crippen molar-refractivity contribution in [3.05, 3.63) is 57.8 Å². The number of anilines is 2. The van der Waals surface area contributed by atoms with Crippen molar-refractivity contribution < 1.29 is 9.18 Å². The highest BCUT2D eigenvalue weighted by Gasteiger charge is 2.30. The Morgan fingerprint density at radius 3 is 2.55 bits per heavy atom. The molecule has 156 valence electrons. The molecule has 2 aromatic carbocycles. The van der Waals surface area contributed by atoms with E-state index in [2.05, 4.69) is 10.2 Å². The molecule has 2 aromatic rings. The Hall–Kier alpha value is -1.82. The van der Waals surface area contributed by atoms with Crippen LogP contribution in [0, 0.1) is 11.7 Å². The third-order valence-electron chi connectivity index (χ3n) is 5.15. The van der Waals surface area contributed by atoms with Crippen LogP contribution in [0.25, 0.3) is 0 Å². The quantitative estimate of drug-likeness (QED) is 0.654. The van der Waals surface area contributed by atoms with Gasteiger partial charge in [0.05, 0.1) is 15.7 Å². The van der Waals surface area contributed by atoms with Crippen LogP contribution in [0.3, 0.4) is 0 Å². The highest BCUT2D eigenvalue weighted by Crippen LogP contribution is 2.39. The lowest BCUT2D eigenvalue weighted by atomic mass is 9.90. The Bertz CT molecular complexity index is 852. The fraction of sp³-hybridized carbons (Fsp3) is 0.409. The summed E-state index contributed by atoms with van der Waals surface area (Å²) in [5.74, 6) is -0.0679. The molecule has 29 heavy (non-hydrogen) atoms. The molecule has 4 nitrogen and oxygen atoms in total. The highest BCUT2D eigenvalue weighted by atomic mass is 35.5. The summed E-state index contributed by atoms with van der Waals surface area (Å²) in [6.07, 6.45) is 1.70. The molecular formula is C22H26Cl2FN3O. The molecule has 1 amide bonds.